The minimum absolute atomic E-state index is 0.160. The Morgan fingerprint density at radius 2 is 1.87 bits per heavy atom. The summed E-state index contributed by atoms with van der Waals surface area (Å²) in [4.78, 5) is 31.5. The Morgan fingerprint density at radius 3 is 2.53 bits per heavy atom. The summed E-state index contributed by atoms with van der Waals surface area (Å²) in [5.41, 5.74) is 3.76. The second kappa shape index (κ2) is 8.24. The van der Waals surface area contributed by atoms with E-state index in [2.05, 4.69) is 4.99 Å². The van der Waals surface area contributed by atoms with Gasteiger partial charge in [-0.1, -0.05) is 72.9 Å². The first-order chi connectivity index (χ1) is 14.5. The van der Waals surface area contributed by atoms with Crippen molar-refractivity contribution in [1.29, 1.82) is 0 Å². The van der Waals surface area contributed by atoms with E-state index < -0.39 is 12.0 Å². The van der Waals surface area contributed by atoms with Crippen LogP contribution in [0.5, 0.6) is 0 Å². The summed E-state index contributed by atoms with van der Waals surface area (Å²) < 4.78 is 7.31. The molecule has 2 heterocycles. The number of hydrogen-bond acceptors (Lipinski definition) is 5. The van der Waals surface area contributed by atoms with E-state index in [0.29, 0.717) is 27.0 Å². The van der Waals surface area contributed by atoms with E-state index in [1.54, 1.807) is 4.57 Å². The van der Waals surface area contributed by atoms with Gasteiger partial charge < -0.3 is 4.74 Å². The van der Waals surface area contributed by atoms with Gasteiger partial charge in [0, 0.05) is 0 Å². The summed E-state index contributed by atoms with van der Waals surface area (Å²) in [6, 6.07) is 16.9. The highest BCUT2D eigenvalue weighted by molar-refractivity contribution is 7.07. The average molecular weight is 419 g/mol. The van der Waals surface area contributed by atoms with Crippen molar-refractivity contribution in [2.24, 2.45) is 4.99 Å². The van der Waals surface area contributed by atoms with Gasteiger partial charge in [0.05, 0.1) is 29.0 Å². The number of aromatic nitrogens is 1. The van der Waals surface area contributed by atoms with Crippen LogP contribution in [-0.2, 0) is 9.53 Å². The van der Waals surface area contributed by atoms with E-state index in [0.717, 1.165) is 16.7 Å². The Balaban J connectivity index is 2.04. The largest absolute Gasteiger partial charge is 0.466 e. The number of thiazole rings is 1. The maximum Gasteiger partial charge on any atom is 0.338 e. The van der Waals surface area contributed by atoms with Crippen LogP contribution in [-0.4, -0.2) is 17.6 Å². The van der Waals surface area contributed by atoms with Gasteiger partial charge in [-0.05, 0) is 36.1 Å². The predicted octanol–water partition coefficient (Wildman–Crippen LogP) is 3.11. The monoisotopic (exact) mass is 418 g/mol. The van der Waals surface area contributed by atoms with Crippen molar-refractivity contribution in [3.63, 3.8) is 0 Å². The zero-order valence-corrected chi connectivity index (χ0v) is 17.9. The third-order valence-corrected chi connectivity index (χ3v) is 6.21. The van der Waals surface area contributed by atoms with Crippen LogP contribution < -0.4 is 14.9 Å². The summed E-state index contributed by atoms with van der Waals surface area (Å²) in [6.45, 7) is 3.94. The highest BCUT2D eigenvalue weighted by Crippen LogP contribution is 2.33. The van der Waals surface area contributed by atoms with Gasteiger partial charge in [-0.2, -0.15) is 0 Å². The van der Waals surface area contributed by atoms with Crippen molar-refractivity contribution in [3.05, 3.63) is 102 Å². The molecule has 0 amide bonds. The molecule has 6 heteroatoms. The maximum atomic E-state index is 13.5. The Bertz CT molecular complexity index is 1320. The maximum absolute atomic E-state index is 13.5. The molecule has 0 fully saturated rings. The van der Waals surface area contributed by atoms with Gasteiger partial charge >= 0.3 is 5.97 Å². The Labute approximate surface area is 178 Å². The first-order valence-corrected chi connectivity index (χ1v) is 10.6. The number of nitrogens with zero attached hydrogens (tertiary/aromatic N) is 2. The zero-order chi connectivity index (χ0) is 21.3. The molecule has 0 unspecified atom stereocenters. The average Bonchev–Trinajstić information content (AvgIpc) is 3.08. The molecule has 0 N–H and O–H groups in total. The van der Waals surface area contributed by atoms with E-state index in [1.807, 2.05) is 74.5 Å². The molecule has 1 aromatic heterocycles. The van der Waals surface area contributed by atoms with Crippen LogP contribution in [0.2, 0.25) is 0 Å². The number of benzene rings is 2. The van der Waals surface area contributed by atoms with Crippen molar-refractivity contribution < 1.29 is 9.53 Å². The van der Waals surface area contributed by atoms with Crippen LogP contribution in [0.1, 0.15) is 36.1 Å². The first kappa shape index (κ1) is 20.0. The molecule has 30 heavy (non-hydrogen) atoms. The number of carbonyl (C=O) groups excluding carboxylic acids is 1. The van der Waals surface area contributed by atoms with E-state index in [4.69, 9.17) is 4.74 Å². The SMILES string of the molecule is CCC1=C(C(=O)OC)[C@@H](c2ccccc2C)n2c(s/c(=C\c3ccccc3)c2=O)=N1. The van der Waals surface area contributed by atoms with Crippen molar-refractivity contribution >= 4 is 23.4 Å². The normalized spacial score (nSPS) is 16.2. The van der Waals surface area contributed by atoms with Crippen molar-refractivity contribution in [3.8, 4) is 0 Å². The van der Waals surface area contributed by atoms with Gasteiger partial charge in [0.1, 0.15) is 0 Å². The van der Waals surface area contributed by atoms with E-state index in [1.165, 1.54) is 18.4 Å². The fourth-order valence-electron chi connectivity index (χ4n) is 3.75. The summed E-state index contributed by atoms with van der Waals surface area (Å²) in [5, 5.41) is 0. The lowest BCUT2D eigenvalue weighted by Gasteiger charge is -2.26. The molecule has 152 valence electrons. The van der Waals surface area contributed by atoms with Crippen LogP contribution in [0.25, 0.3) is 6.08 Å². The van der Waals surface area contributed by atoms with Crippen LogP contribution in [0.3, 0.4) is 0 Å². The topological polar surface area (TPSA) is 60.7 Å². The molecule has 0 saturated carbocycles. The molecular formula is C24H22N2O3S. The number of allylic oxidation sites excluding steroid dienone is 1. The second-order valence-corrected chi connectivity index (χ2v) is 8.06. The van der Waals surface area contributed by atoms with E-state index in [-0.39, 0.29) is 5.56 Å². The highest BCUT2D eigenvalue weighted by atomic mass is 32.1. The highest BCUT2D eigenvalue weighted by Gasteiger charge is 2.34. The zero-order valence-electron chi connectivity index (χ0n) is 17.1. The Hall–Kier alpha value is -3.25. The molecule has 5 nitrogen and oxygen atoms in total. The quantitative estimate of drug-likeness (QED) is 0.612. The number of hydrogen-bond donors (Lipinski definition) is 0. The summed E-state index contributed by atoms with van der Waals surface area (Å²) in [6.07, 6.45) is 2.43. The van der Waals surface area contributed by atoms with E-state index >= 15 is 0 Å². The number of rotatable bonds is 4. The first-order valence-electron chi connectivity index (χ1n) is 9.78. The number of aryl methyl sites for hydroxylation is 1. The molecule has 0 aliphatic carbocycles. The number of methoxy groups -OCH3 is 1. The Kier molecular flexibility index (Phi) is 5.50. The molecule has 1 atom stereocenters. The molecule has 0 saturated heterocycles. The smallest absolute Gasteiger partial charge is 0.338 e. The van der Waals surface area contributed by atoms with Crippen molar-refractivity contribution in [2.75, 3.05) is 7.11 Å². The lowest BCUT2D eigenvalue weighted by Crippen LogP contribution is -2.40. The summed E-state index contributed by atoms with van der Waals surface area (Å²) in [7, 11) is 1.36. The van der Waals surface area contributed by atoms with Crippen LogP contribution in [0, 0.1) is 6.92 Å². The molecule has 0 bridgehead atoms. The molecule has 0 spiro atoms. The number of carbonyl (C=O) groups is 1. The number of esters is 1. The lowest BCUT2D eigenvalue weighted by atomic mass is 9.92. The molecule has 4 rings (SSSR count). The minimum atomic E-state index is -0.567. The van der Waals surface area contributed by atoms with Gasteiger partial charge in [-0.15, -0.1) is 0 Å². The Morgan fingerprint density at radius 1 is 1.17 bits per heavy atom. The number of fused-ring (bicyclic) bond motifs is 1. The van der Waals surface area contributed by atoms with Gasteiger partial charge in [0.15, 0.2) is 4.80 Å². The van der Waals surface area contributed by atoms with Gasteiger partial charge in [0.25, 0.3) is 5.56 Å². The van der Waals surface area contributed by atoms with E-state index in [9.17, 15) is 9.59 Å². The summed E-state index contributed by atoms with van der Waals surface area (Å²) in [5.74, 6) is -0.457. The van der Waals surface area contributed by atoms with Gasteiger partial charge in [0.2, 0.25) is 0 Å². The van der Waals surface area contributed by atoms with Crippen LogP contribution >= 0.6 is 11.3 Å². The summed E-state index contributed by atoms with van der Waals surface area (Å²) >= 11 is 1.34. The fraction of sp³-hybridized carbons (Fsp3) is 0.208. The number of ether oxygens (including phenoxy) is 1. The second-order valence-electron chi connectivity index (χ2n) is 7.06. The van der Waals surface area contributed by atoms with Crippen molar-refractivity contribution in [2.45, 2.75) is 26.3 Å². The molecule has 2 aromatic carbocycles. The molecule has 3 aromatic rings. The lowest BCUT2D eigenvalue weighted by molar-refractivity contribution is -0.136. The van der Waals surface area contributed by atoms with Gasteiger partial charge in [-0.25, -0.2) is 9.79 Å². The molecular weight excluding hydrogens is 396 g/mol. The molecule has 1 aliphatic rings. The predicted molar refractivity (Wildman–Crippen MR) is 118 cm³/mol. The molecule has 1 aliphatic heterocycles. The van der Waals surface area contributed by atoms with Crippen LogP contribution in [0.15, 0.2) is 75.7 Å². The van der Waals surface area contributed by atoms with Crippen molar-refractivity contribution in [1.82, 2.24) is 4.57 Å². The van der Waals surface area contributed by atoms with Gasteiger partial charge in [-0.3, -0.25) is 9.36 Å². The van der Waals surface area contributed by atoms with Crippen LogP contribution in [0.4, 0.5) is 0 Å². The third-order valence-electron chi connectivity index (χ3n) is 5.23. The minimum Gasteiger partial charge on any atom is -0.466 e. The molecule has 0 radical (unpaired) electrons. The standard InChI is InChI=1S/C24H22N2O3S/c1-4-18-20(23(28)29-3)21(17-13-9-8-10-15(17)2)26-22(27)19(30-24(26)25-18)14-16-11-6-5-7-12-16/h5-14,21H,4H2,1-3H3/b19-14-/t21-/m1/s1. The fourth-order valence-corrected chi connectivity index (χ4v) is 4.77. The third kappa shape index (κ3) is 3.44.